The van der Waals surface area contributed by atoms with E-state index in [4.69, 9.17) is 9.47 Å². The third-order valence-electron chi connectivity index (χ3n) is 10.2. The topological polar surface area (TPSA) is 159 Å². The zero-order valence-electron chi connectivity index (χ0n) is 30.8. The molecule has 0 bridgehead atoms. The largest absolute Gasteiger partial charge is 0.497 e. The van der Waals surface area contributed by atoms with E-state index in [0.717, 1.165) is 41.2 Å². The maximum Gasteiger partial charge on any atom is 0.328 e. The van der Waals surface area contributed by atoms with Crippen molar-refractivity contribution in [3.05, 3.63) is 76.2 Å². The summed E-state index contributed by atoms with van der Waals surface area (Å²) in [5, 5.41) is 17.4. The molecule has 1 aliphatic heterocycles. The molecule has 53 heavy (non-hydrogen) atoms. The van der Waals surface area contributed by atoms with E-state index in [-0.39, 0.29) is 49.3 Å². The molecule has 288 valence electrons. The highest BCUT2D eigenvalue weighted by molar-refractivity contribution is 7.89. The summed E-state index contributed by atoms with van der Waals surface area (Å²) in [5.41, 5.74) is 1.37. The van der Waals surface area contributed by atoms with Crippen LogP contribution in [0.3, 0.4) is 0 Å². The first kappa shape index (κ1) is 40.3. The number of hydrogen-bond acceptors (Lipinski definition) is 10. The Morgan fingerprint density at radius 3 is 2.43 bits per heavy atom. The molecule has 2 aromatic carbocycles. The van der Waals surface area contributed by atoms with Crippen LogP contribution in [0.1, 0.15) is 62.2 Å². The quantitative estimate of drug-likeness (QED) is 0.168. The number of sulfonamides is 1. The van der Waals surface area contributed by atoms with Crippen LogP contribution < -0.4 is 10.1 Å². The number of thiazole rings is 1. The fourth-order valence-corrected chi connectivity index (χ4v) is 9.33. The minimum Gasteiger partial charge on any atom is -0.497 e. The SMILES string of the molecule is CC[C@H](C)[C@@H](C(=O)N[C@@H](Cc1ccccc1)[C@@H](O)CN(CC1CCCC1)S(=O)(=O)c1ccc(OC)cc1)N1CC(=O)N(Cc2csc(COC)n2)C1=O. The van der Waals surface area contributed by atoms with Gasteiger partial charge < -0.3 is 24.8 Å². The van der Waals surface area contributed by atoms with E-state index in [1.807, 2.05) is 44.2 Å². The van der Waals surface area contributed by atoms with Crippen molar-refractivity contribution in [2.75, 3.05) is 33.9 Å². The normalized spacial score (nSPS) is 17.7. The summed E-state index contributed by atoms with van der Waals surface area (Å²) in [5.74, 6) is -0.649. The fourth-order valence-electron chi connectivity index (χ4n) is 7.04. The molecule has 13 nitrogen and oxygen atoms in total. The molecule has 1 saturated carbocycles. The van der Waals surface area contributed by atoms with Crippen molar-refractivity contribution in [1.82, 2.24) is 24.4 Å². The molecular formula is C38H51N5O8S2. The highest BCUT2D eigenvalue weighted by Crippen LogP contribution is 2.29. The predicted octanol–water partition coefficient (Wildman–Crippen LogP) is 4.45. The summed E-state index contributed by atoms with van der Waals surface area (Å²) in [6.45, 7) is 3.73. The third kappa shape index (κ3) is 10.0. The van der Waals surface area contributed by atoms with Gasteiger partial charge in [0, 0.05) is 25.6 Å². The van der Waals surface area contributed by atoms with Gasteiger partial charge in [-0.3, -0.25) is 14.5 Å². The highest BCUT2D eigenvalue weighted by atomic mass is 32.2. The zero-order valence-corrected chi connectivity index (χ0v) is 32.5. The van der Waals surface area contributed by atoms with Crippen LogP contribution in [-0.4, -0.2) is 103 Å². The Hall–Kier alpha value is -3.89. The van der Waals surface area contributed by atoms with Gasteiger partial charge in [0.05, 0.1) is 43.0 Å². The summed E-state index contributed by atoms with van der Waals surface area (Å²) in [6.07, 6.45) is 3.23. The third-order valence-corrected chi connectivity index (χ3v) is 12.9. The monoisotopic (exact) mass is 769 g/mol. The molecule has 1 saturated heterocycles. The Bertz CT molecular complexity index is 1780. The molecule has 4 atom stereocenters. The first-order valence-corrected chi connectivity index (χ1v) is 20.5. The number of carbonyl (C=O) groups is 3. The summed E-state index contributed by atoms with van der Waals surface area (Å²) in [4.78, 5) is 48.3. The Morgan fingerprint density at radius 1 is 1.09 bits per heavy atom. The number of aliphatic hydroxyl groups is 1. The molecule has 4 amide bonds. The van der Waals surface area contributed by atoms with Crippen LogP contribution in [0.4, 0.5) is 4.79 Å². The van der Waals surface area contributed by atoms with Gasteiger partial charge in [-0.15, -0.1) is 11.3 Å². The second-order valence-electron chi connectivity index (χ2n) is 13.9. The number of benzene rings is 2. The first-order valence-electron chi connectivity index (χ1n) is 18.1. The van der Waals surface area contributed by atoms with Gasteiger partial charge in [-0.1, -0.05) is 63.4 Å². The summed E-state index contributed by atoms with van der Waals surface area (Å²) in [7, 11) is -0.969. The lowest BCUT2D eigenvalue weighted by atomic mass is 9.95. The van der Waals surface area contributed by atoms with Gasteiger partial charge in [-0.2, -0.15) is 4.31 Å². The number of methoxy groups -OCH3 is 2. The number of imide groups is 1. The van der Waals surface area contributed by atoms with Crippen LogP contribution in [0.2, 0.25) is 0 Å². The number of hydrogen-bond donors (Lipinski definition) is 2. The van der Waals surface area contributed by atoms with E-state index < -0.39 is 46.1 Å². The average molecular weight is 770 g/mol. The van der Waals surface area contributed by atoms with Crippen molar-refractivity contribution in [2.24, 2.45) is 11.8 Å². The van der Waals surface area contributed by atoms with Crippen molar-refractivity contribution in [2.45, 2.75) is 88.6 Å². The van der Waals surface area contributed by atoms with Gasteiger partial charge in [0.15, 0.2) is 0 Å². The van der Waals surface area contributed by atoms with Crippen molar-refractivity contribution < 1.29 is 37.4 Å². The molecule has 1 aliphatic carbocycles. The minimum absolute atomic E-state index is 0.0297. The van der Waals surface area contributed by atoms with Crippen molar-refractivity contribution >= 4 is 39.2 Å². The number of urea groups is 1. The maximum atomic E-state index is 14.4. The number of ether oxygens (including phenoxy) is 2. The molecule has 0 spiro atoms. The van der Waals surface area contributed by atoms with Crippen LogP contribution in [0, 0.1) is 11.8 Å². The second kappa shape index (κ2) is 18.4. The van der Waals surface area contributed by atoms with Gasteiger partial charge in [-0.05, 0) is 60.9 Å². The predicted molar refractivity (Wildman–Crippen MR) is 201 cm³/mol. The number of nitrogens with one attached hydrogen (secondary N) is 1. The number of rotatable bonds is 19. The molecule has 1 aromatic heterocycles. The summed E-state index contributed by atoms with van der Waals surface area (Å²) in [6, 6.07) is 12.9. The van der Waals surface area contributed by atoms with E-state index in [1.165, 1.54) is 39.8 Å². The standard InChI is InChI=1S/C38H51N5O8S2/c1-5-26(2)36(43-23-35(45)42(38(43)47)21-29-25-52-34(39-29)24-50-3)37(46)40-32(19-27-11-7-6-8-12-27)33(44)22-41(20-28-13-9-10-14-28)53(48,49)31-17-15-30(51-4)16-18-31/h6-8,11-12,15-18,25-26,28,32-33,36,44H,5,9-10,13-14,19-24H2,1-4H3,(H,40,46)/t26-,32-,33-,36-/m0/s1. The molecule has 2 aliphatic rings. The van der Waals surface area contributed by atoms with Crippen LogP contribution >= 0.6 is 11.3 Å². The Kier molecular flexibility index (Phi) is 14.0. The Labute approximate surface area is 316 Å². The lowest BCUT2D eigenvalue weighted by molar-refractivity contribution is -0.129. The number of amides is 4. The molecule has 5 rings (SSSR count). The first-order chi connectivity index (χ1) is 25.4. The average Bonchev–Trinajstić information content (AvgIpc) is 3.90. The van der Waals surface area contributed by atoms with Gasteiger partial charge in [0.25, 0.3) is 5.91 Å². The van der Waals surface area contributed by atoms with Crippen LogP contribution in [-0.2, 0) is 43.9 Å². The maximum absolute atomic E-state index is 14.4. The lowest BCUT2D eigenvalue weighted by Gasteiger charge is -2.34. The van der Waals surface area contributed by atoms with Crippen molar-refractivity contribution in [3.63, 3.8) is 0 Å². The highest BCUT2D eigenvalue weighted by Gasteiger charge is 2.45. The molecule has 2 fully saturated rings. The lowest BCUT2D eigenvalue weighted by Crippen LogP contribution is -2.57. The van der Waals surface area contributed by atoms with Crippen molar-refractivity contribution in [1.29, 1.82) is 0 Å². The summed E-state index contributed by atoms with van der Waals surface area (Å²) < 4.78 is 40.0. The molecule has 3 aromatic rings. The van der Waals surface area contributed by atoms with Crippen LogP contribution in [0.25, 0.3) is 0 Å². The number of aliphatic hydroxyl groups excluding tert-OH is 1. The molecular weight excluding hydrogens is 719 g/mol. The number of aromatic nitrogens is 1. The molecule has 15 heteroatoms. The number of nitrogens with zero attached hydrogens (tertiary/aromatic N) is 4. The van der Waals surface area contributed by atoms with Crippen LogP contribution in [0.5, 0.6) is 5.75 Å². The van der Waals surface area contributed by atoms with E-state index in [9.17, 15) is 27.9 Å². The van der Waals surface area contributed by atoms with Gasteiger partial charge in [-0.25, -0.2) is 18.2 Å². The van der Waals surface area contributed by atoms with Gasteiger partial charge in [0.1, 0.15) is 23.3 Å². The van der Waals surface area contributed by atoms with E-state index in [1.54, 1.807) is 24.6 Å². The minimum atomic E-state index is -4.04. The molecule has 0 unspecified atom stereocenters. The molecule has 2 N–H and O–H groups in total. The van der Waals surface area contributed by atoms with E-state index in [2.05, 4.69) is 10.3 Å². The van der Waals surface area contributed by atoms with Gasteiger partial charge in [0.2, 0.25) is 15.9 Å². The fraction of sp³-hybridized carbons (Fsp3) is 0.526. The Balaban J connectivity index is 1.39. The molecule has 0 radical (unpaired) electrons. The van der Waals surface area contributed by atoms with E-state index in [0.29, 0.717) is 24.5 Å². The smallest absolute Gasteiger partial charge is 0.328 e. The molecule has 2 heterocycles. The second-order valence-corrected chi connectivity index (χ2v) is 16.8. The zero-order chi connectivity index (χ0) is 38.1. The summed E-state index contributed by atoms with van der Waals surface area (Å²) >= 11 is 1.37. The van der Waals surface area contributed by atoms with Crippen molar-refractivity contribution in [3.8, 4) is 5.75 Å². The number of carbonyl (C=O) groups excluding carboxylic acids is 3. The van der Waals surface area contributed by atoms with E-state index >= 15 is 0 Å². The Morgan fingerprint density at radius 2 is 1.79 bits per heavy atom. The van der Waals surface area contributed by atoms with Gasteiger partial charge >= 0.3 is 6.03 Å². The van der Waals surface area contributed by atoms with Crippen LogP contribution in [0.15, 0.2) is 64.9 Å².